The van der Waals surface area contributed by atoms with Crippen LogP contribution in [0.2, 0.25) is 0 Å². The molecule has 2 aromatic rings. The van der Waals surface area contributed by atoms with Crippen molar-refractivity contribution in [2.45, 2.75) is 23.8 Å². The number of amides is 1. The quantitative estimate of drug-likeness (QED) is 0.840. The molecule has 0 N–H and O–H groups in total. The average Bonchev–Trinajstić information content (AvgIpc) is 3.20. The van der Waals surface area contributed by atoms with Crippen LogP contribution in [0.15, 0.2) is 33.6 Å². The zero-order chi connectivity index (χ0) is 15.8. The van der Waals surface area contributed by atoms with E-state index in [0.717, 1.165) is 11.3 Å². The van der Waals surface area contributed by atoms with E-state index in [1.54, 1.807) is 18.7 Å². The number of ether oxygens (including phenoxy) is 1. The number of aromatic nitrogens is 2. The van der Waals surface area contributed by atoms with Crippen LogP contribution in [0.3, 0.4) is 0 Å². The predicted octanol–water partition coefficient (Wildman–Crippen LogP) is 2.17. The van der Waals surface area contributed by atoms with Crippen molar-refractivity contribution >= 4 is 17.7 Å². The Morgan fingerprint density at radius 2 is 2.22 bits per heavy atom. The van der Waals surface area contributed by atoms with Crippen molar-refractivity contribution in [1.29, 1.82) is 0 Å². The molecule has 0 bridgehead atoms. The number of carbonyl (C=O) groups is 1. The number of nitrogens with zero attached hydrogens (tertiary/aromatic N) is 3. The molecule has 120 valence electrons. The Bertz CT molecular complexity index is 733. The van der Waals surface area contributed by atoms with Crippen LogP contribution < -0.4 is 0 Å². The third-order valence-corrected chi connectivity index (χ3v) is 5.42. The molecule has 2 aliphatic rings. The van der Waals surface area contributed by atoms with Gasteiger partial charge in [0.2, 0.25) is 17.7 Å². The number of aryl methyl sites for hydroxylation is 1. The summed E-state index contributed by atoms with van der Waals surface area (Å²) in [4.78, 5) is 16.2. The second-order valence-corrected chi connectivity index (χ2v) is 6.74. The molecule has 6 nitrogen and oxygen atoms in total. The molecular formula is C16H17N3O3S. The van der Waals surface area contributed by atoms with Crippen LogP contribution in [0.4, 0.5) is 0 Å². The van der Waals surface area contributed by atoms with Crippen molar-refractivity contribution in [3.05, 3.63) is 41.6 Å². The second kappa shape index (κ2) is 5.98. The summed E-state index contributed by atoms with van der Waals surface area (Å²) in [5.74, 6) is 1.74. The van der Waals surface area contributed by atoms with Crippen molar-refractivity contribution in [1.82, 2.24) is 15.1 Å². The number of morpholine rings is 1. The summed E-state index contributed by atoms with van der Waals surface area (Å²) < 4.78 is 11.1. The molecule has 23 heavy (non-hydrogen) atoms. The molecule has 0 radical (unpaired) electrons. The normalized spacial score (nSPS) is 23.8. The van der Waals surface area contributed by atoms with Gasteiger partial charge >= 0.3 is 0 Å². The third-order valence-electron chi connectivity index (χ3n) is 4.24. The lowest BCUT2D eigenvalue weighted by Gasteiger charge is -2.35. The van der Waals surface area contributed by atoms with Gasteiger partial charge in [-0.2, -0.15) is 0 Å². The van der Waals surface area contributed by atoms with E-state index in [4.69, 9.17) is 9.15 Å². The Morgan fingerprint density at radius 1 is 1.35 bits per heavy atom. The molecule has 3 heterocycles. The van der Waals surface area contributed by atoms with Gasteiger partial charge in [-0.05, 0) is 11.6 Å². The van der Waals surface area contributed by atoms with Crippen molar-refractivity contribution in [2.24, 2.45) is 0 Å². The lowest BCUT2D eigenvalue weighted by molar-refractivity contribution is -0.142. The van der Waals surface area contributed by atoms with Crippen LogP contribution in [0.1, 0.15) is 29.3 Å². The molecule has 1 amide bonds. The number of thioether (sulfide) groups is 1. The molecule has 7 heteroatoms. The van der Waals surface area contributed by atoms with Gasteiger partial charge in [-0.15, -0.1) is 22.0 Å². The van der Waals surface area contributed by atoms with Crippen LogP contribution in [0, 0.1) is 6.92 Å². The molecule has 0 unspecified atom stereocenters. The molecule has 4 rings (SSSR count). The summed E-state index contributed by atoms with van der Waals surface area (Å²) in [7, 11) is 0. The standard InChI is InChI=1S/C16H17N3O3S/c1-10-17-18-15(22-10)13-8-21-7-6-19(13)16(20)12-9-23-14-5-3-2-4-11(12)14/h2-5,12-13H,6-9H2,1H3/t12-,13+/m1/s1. The highest BCUT2D eigenvalue weighted by Gasteiger charge is 2.38. The Labute approximate surface area is 138 Å². The van der Waals surface area contributed by atoms with Crippen LogP contribution in [0.25, 0.3) is 0 Å². The first-order valence-electron chi connectivity index (χ1n) is 7.64. The molecule has 0 spiro atoms. The molecule has 1 saturated heterocycles. The van der Waals surface area contributed by atoms with Gasteiger partial charge in [-0.25, -0.2) is 0 Å². The number of hydrogen-bond acceptors (Lipinski definition) is 6. The van der Waals surface area contributed by atoms with E-state index >= 15 is 0 Å². The maximum Gasteiger partial charge on any atom is 0.241 e. The molecule has 0 aliphatic carbocycles. The Kier molecular flexibility index (Phi) is 3.82. The van der Waals surface area contributed by atoms with Crippen molar-refractivity contribution in [3.8, 4) is 0 Å². The Morgan fingerprint density at radius 3 is 3.04 bits per heavy atom. The first kappa shape index (κ1) is 14.7. The fourth-order valence-electron chi connectivity index (χ4n) is 3.09. The van der Waals surface area contributed by atoms with Crippen molar-refractivity contribution in [2.75, 3.05) is 25.5 Å². The van der Waals surface area contributed by atoms with Crippen molar-refractivity contribution in [3.63, 3.8) is 0 Å². The van der Waals surface area contributed by atoms with Gasteiger partial charge in [0.25, 0.3) is 0 Å². The zero-order valence-corrected chi connectivity index (χ0v) is 13.6. The summed E-state index contributed by atoms with van der Waals surface area (Å²) in [5, 5.41) is 7.95. The van der Waals surface area contributed by atoms with Gasteiger partial charge in [0.05, 0.1) is 19.1 Å². The van der Waals surface area contributed by atoms with E-state index < -0.39 is 0 Å². The largest absolute Gasteiger partial charge is 0.423 e. The van der Waals surface area contributed by atoms with E-state index in [1.165, 1.54) is 4.90 Å². The van der Waals surface area contributed by atoms with Gasteiger partial charge in [0.1, 0.15) is 6.04 Å². The van der Waals surface area contributed by atoms with Crippen LogP contribution in [0.5, 0.6) is 0 Å². The van der Waals surface area contributed by atoms with E-state index in [0.29, 0.717) is 31.5 Å². The molecule has 0 saturated carbocycles. The summed E-state index contributed by atoms with van der Waals surface area (Å²) >= 11 is 1.74. The van der Waals surface area contributed by atoms with Crippen LogP contribution in [-0.2, 0) is 9.53 Å². The second-order valence-electron chi connectivity index (χ2n) is 5.68. The number of carbonyl (C=O) groups excluding carboxylic acids is 1. The summed E-state index contributed by atoms with van der Waals surface area (Å²) in [6.07, 6.45) is 0. The summed E-state index contributed by atoms with van der Waals surface area (Å²) in [6.45, 7) is 3.23. The van der Waals surface area contributed by atoms with Gasteiger partial charge in [-0.1, -0.05) is 18.2 Å². The van der Waals surface area contributed by atoms with E-state index in [2.05, 4.69) is 16.3 Å². The minimum absolute atomic E-state index is 0.110. The lowest BCUT2D eigenvalue weighted by atomic mass is 9.98. The van der Waals surface area contributed by atoms with Crippen LogP contribution >= 0.6 is 11.8 Å². The minimum Gasteiger partial charge on any atom is -0.423 e. The maximum atomic E-state index is 13.1. The Hall–Kier alpha value is -1.86. The summed E-state index contributed by atoms with van der Waals surface area (Å²) in [5.41, 5.74) is 1.12. The molecule has 1 fully saturated rings. The van der Waals surface area contributed by atoms with Gasteiger partial charge in [0.15, 0.2) is 0 Å². The first-order chi connectivity index (χ1) is 11.2. The maximum absolute atomic E-state index is 13.1. The molecule has 1 aromatic carbocycles. The van der Waals surface area contributed by atoms with Gasteiger partial charge in [0, 0.05) is 24.1 Å². The van der Waals surface area contributed by atoms with Gasteiger partial charge < -0.3 is 14.1 Å². The summed E-state index contributed by atoms with van der Waals surface area (Å²) in [6, 6.07) is 7.83. The monoisotopic (exact) mass is 331 g/mol. The average molecular weight is 331 g/mol. The first-order valence-corrected chi connectivity index (χ1v) is 8.62. The number of benzene rings is 1. The molecule has 2 atom stereocenters. The smallest absolute Gasteiger partial charge is 0.241 e. The lowest BCUT2D eigenvalue weighted by Crippen LogP contribution is -2.45. The molecule has 1 aromatic heterocycles. The highest BCUT2D eigenvalue weighted by molar-refractivity contribution is 7.99. The fraction of sp³-hybridized carbons (Fsp3) is 0.438. The highest BCUT2D eigenvalue weighted by atomic mass is 32.2. The van der Waals surface area contributed by atoms with E-state index in [1.807, 2.05) is 23.1 Å². The number of rotatable bonds is 2. The SMILES string of the molecule is Cc1nnc([C@@H]2COCCN2C(=O)[C@@H]2CSc3ccccc32)o1. The third kappa shape index (κ3) is 2.64. The van der Waals surface area contributed by atoms with E-state index in [9.17, 15) is 4.79 Å². The molecular weight excluding hydrogens is 314 g/mol. The van der Waals surface area contributed by atoms with Crippen molar-refractivity contribution < 1.29 is 13.9 Å². The van der Waals surface area contributed by atoms with E-state index in [-0.39, 0.29) is 17.9 Å². The predicted molar refractivity (Wildman–Crippen MR) is 84.2 cm³/mol. The number of hydrogen-bond donors (Lipinski definition) is 0. The zero-order valence-electron chi connectivity index (χ0n) is 12.8. The fourth-order valence-corrected chi connectivity index (χ4v) is 4.31. The van der Waals surface area contributed by atoms with Gasteiger partial charge in [-0.3, -0.25) is 4.79 Å². The topological polar surface area (TPSA) is 68.5 Å². The Balaban J connectivity index is 1.61. The highest BCUT2D eigenvalue weighted by Crippen LogP contribution is 2.41. The molecule has 2 aliphatic heterocycles. The minimum atomic E-state index is -0.296. The van der Waals surface area contributed by atoms with Crippen LogP contribution in [-0.4, -0.2) is 46.5 Å². The number of fused-ring (bicyclic) bond motifs is 1.